The van der Waals surface area contributed by atoms with Gasteiger partial charge in [0.05, 0.1) is 7.11 Å². The molecule has 42 heavy (non-hydrogen) atoms. The third-order valence-electron chi connectivity index (χ3n) is 7.17. The van der Waals surface area contributed by atoms with Crippen LogP contribution in [0.3, 0.4) is 0 Å². The Balaban J connectivity index is 1.27. The van der Waals surface area contributed by atoms with E-state index in [0.717, 1.165) is 33.2 Å². The van der Waals surface area contributed by atoms with E-state index >= 15 is 0 Å². The lowest BCUT2D eigenvalue weighted by Crippen LogP contribution is -2.43. The number of pyridine rings is 1. The van der Waals surface area contributed by atoms with Crippen molar-refractivity contribution < 1.29 is 19.1 Å². The number of nitrogens with one attached hydrogen (secondary N) is 1. The Morgan fingerprint density at radius 2 is 1.45 bits per heavy atom. The number of aromatic nitrogens is 1. The summed E-state index contributed by atoms with van der Waals surface area (Å²) in [6.07, 6.45) is 1.92. The number of amides is 1. The van der Waals surface area contributed by atoms with Crippen LogP contribution in [-0.4, -0.2) is 30.0 Å². The van der Waals surface area contributed by atoms with Crippen LogP contribution in [0.25, 0.3) is 21.9 Å². The molecule has 0 saturated heterocycles. The van der Waals surface area contributed by atoms with Crippen molar-refractivity contribution in [1.29, 1.82) is 0 Å². The summed E-state index contributed by atoms with van der Waals surface area (Å²) in [6.45, 7) is 6.52. The molecular formula is C36H34N2O4. The van der Waals surface area contributed by atoms with Gasteiger partial charge in [0.1, 0.15) is 23.2 Å². The van der Waals surface area contributed by atoms with E-state index in [1.165, 1.54) is 12.7 Å². The summed E-state index contributed by atoms with van der Waals surface area (Å²) in [5.41, 5.74) is 4.60. The first-order chi connectivity index (χ1) is 20.2. The van der Waals surface area contributed by atoms with E-state index in [4.69, 9.17) is 9.47 Å². The predicted octanol–water partition coefficient (Wildman–Crippen LogP) is 7.51. The molecule has 1 amide bonds. The molecular weight excluding hydrogens is 524 g/mol. The molecule has 1 N–H and O–H groups in total. The zero-order chi connectivity index (χ0) is 29.7. The Morgan fingerprint density at radius 3 is 2.12 bits per heavy atom. The highest BCUT2D eigenvalue weighted by Crippen LogP contribution is 2.29. The normalized spacial score (nSPS) is 12.0. The Hall–Kier alpha value is -4.97. The van der Waals surface area contributed by atoms with Crippen molar-refractivity contribution in [3.05, 3.63) is 126 Å². The van der Waals surface area contributed by atoms with Gasteiger partial charge in [0.25, 0.3) is 5.91 Å². The Morgan fingerprint density at radius 1 is 0.786 bits per heavy atom. The van der Waals surface area contributed by atoms with Gasteiger partial charge in [-0.15, -0.1) is 0 Å². The van der Waals surface area contributed by atoms with Gasteiger partial charge in [-0.3, -0.25) is 9.78 Å². The van der Waals surface area contributed by atoms with Gasteiger partial charge in [-0.05, 0) is 63.4 Å². The minimum absolute atomic E-state index is 0.0716. The lowest BCUT2D eigenvalue weighted by Gasteiger charge is -2.19. The SMILES string of the molecule is COC(=O)[C@@H](Cc1ccc(-c2ccccc2)cc1)NC(=O)c1cc2ccc(Oc3ccc(C(C)(C)C)cc3)cc2cn1. The first-order valence-electron chi connectivity index (χ1n) is 13.9. The molecule has 5 aromatic rings. The first kappa shape index (κ1) is 28.6. The van der Waals surface area contributed by atoms with Crippen molar-refractivity contribution in [2.45, 2.75) is 38.6 Å². The number of carbonyl (C=O) groups is 2. The van der Waals surface area contributed by atoms with Crippen molar-refractivity contribution in [2.75, 3.05) is 7.11 Å². The van der Waals surface area contributed by atoms with Crippen molar-refractivity contribution in [2.24, 2.45) is 0 Å². The largest absolute Gasteiger partial charge is 0.467 e. The number of nitrogens with zero attached hydrogens (tertiary/aromatic N) is 1. The van der Waals surface area contributed by atoms with Crippen LogP contribution in [-0.2, 0) is 21.4 Å². The number of hydrogen-bond donors (Lipinski definition) is 1. The number of hydrogen-bond acceptors (Lipinski definition) is 5. The van der Waals surface area contributed by atoms with E-state index in [1.807, 2.05) is 84.9 Å². The summed E-state index contributed by atoms with van der Waals surface area (Å²) >= 11 is 0. The van der Waals surface area contributed by atoms with E-state index in [0.29, 0.717) is 12.2 Å². The monoisotopic (exact) mass is 558 g/mol. The minimum atomic E-state index is -0.858. The Kier molecular flexibility index (Phi) is 8.34. The standard InChI is InChI=1S/C36H34N2O4/c1-36(2,3)29-15-18-30(19-16-29)42-31-17-14-27-22-32(37-23-28(27)21-31)34(39)38-33(35(40)41-4)20-24-10-12-26(13-11-24)25-8-6-5-7-9-25/h5-19,21-23,33H,20H2,1-4H3,(H,38,39)/t33-/m1/s1. The molecule has 212 valence electrons. The summed E-state index contributed by atoms with van der Waals surface area (Å²) in [4.78, 5) is 30.1. The third-order valence-corrected chi connectivity index (χ3v) is 7.17. The molecule has 0 aliphatic heterocycles. The maximum absolute atomic E-state index is 13.1. The first-order valence-corrected chi connectivity index (χ1v) is 13.9. The second-order valence-electron chi connectivity index (χ2n) is 11.3. The molecule has 0 radical (unpaired) electrons. The van der Waals surface area contributed by atoms with Gasteiger partial charge < -0.3 is 14.8 Å². The molecule has 4 aromatic carbocycles. The fraction of sp³-hybridized carbons (Fsp3) is 0.194. The summed E-state index contributed by atoms with van der Waals surface area (Å²) in [7, 11) is 1.31. The molecule has 0 aliphatic rings. The number of methoxy groups -OCH3 is 1. The van der Waals surface area contributed by atoms with Crippen LogP contribution in [0.15, 0.2) is 109 Å². The van der Waals surface area contributed by atoms with Crippen molar-refractivity contribution >= 4 is 22.6 Å². The van der Waals surface area contributed by atoms with Crippen molar-refractivity contribution in [3.8, 4) is 22.6 Å². The minimum Gasteiger partial charge on any atom is -0.467 e. The number of fused-ring (bicyclic) bond motifs is 1. The molecule has 6 heteroatoms. The van der Waals surface area contributed by atoms with E-state index < -0.39 is 17.9 Å². The molecule has 0 spiro atoms. The number of rotatable bonds is 8. The van der Waals surface area contributed by atoms with E-state index in [-0.39, 0.29) is 11.1 Å². The van der Waals surface area contributed by atoms with Crippen LogP contribution in [0, 0.1) is 0 Å². The van der Waals surface area contributed by atoms with Gasteiger partial charge in [0.15, 0.2) is 0 Å². The zero-order valence-corrected chi connectivity index (χ0v) is 24.3. The Bertz CT molecular complexity index is 1690. The smallest absolute Gasteiger partial charge is 0.328 e. The van der Waals surface area contributed by atoms with E-state index in [2.05, 4.69) is 43.2 Å². The number of benzene rings is 4. The number of esters is 1. The topological polar surface area (TPSA) is 77.5 Å². The summed E-state index contributed by atoms with van der Waals surface area (Å²) in [5.74, 6) is 0.449. The fourth-order valence-electron chi connectivity index (χ4n) is 4.73. The van der Waals surface area contributed by atoms with Gasteiger partial charge in [0, 0.05) is 18.0 Å². The lowest BCUT2D eigenvalue weighted by molar-refractivity contribution is -0.142. The van der Waals surface area contributed by atoms with Crippen LogP contribution >= 0.6 is 0 Å². The molecule has 0 saturated carbocycles. The summed E-state index contributed by atoms with van der Waals surface area (Å²) in [5, 5.41) is 4.46. The molecule has 0 aliphatic carbocycles. The van der Waals surface area contributed by atoms with E-state index in [1.54, 1.807) is 12.3 Å². The average Bonchev–Trinajstić information content (AvgIpc) is 3.00. The molecule has 0 bridgehead atoms. The second kappa shape index (κ2) is 12.3. The molecule has 1 atom stereocenters. The molecule has 6 nitrogen and oxygen atoms in total. The molecule has 1 heterocycles. The van der Waals surface area contributed by atoms with Crippen LogP contribution in [0.2, 0.25) is 0 Å². The highest BCUT2D eigenvalue weighted by Gasteiger charge is 2.23. The van der Waals surface area contributed by atoms with Crippen LogP contribution in [0.5, 0.6) is 11.5 Å². The maximum atomic E-state index is 13.1. The molecule has 5 rings (SSSR count). The van der Waals surface area contributed by atoms with Crippen LogP contribution < -0.4 is 10.1 Å². The van der Waals surface area contributed by atoms with Gasteiger partial charge >= 0.3 is 5.97 Å². The number of ether oxygens (including phenoxy) is 2. The summed E-state index contributed by atoms with van der Waals surface area (Å²) in [6, 6.07) is 32.5. The number of carbonyl (C=O) groups excluding carboxylic acids is 2. The van der Waals surface area contributed by atoms with Crippen molar-refractivity contribution in [1.82, 2.24) is 10.3 Å². The Labute approximate surface area is 246 Å². The summed E-state index contributed by atoms with van der Waals surface area (Å²) < 4.78 is 11.0. The molecule has 0 fully saturated rings. The highest BCUT2D eigenvalue weighted by atomic mass is 16.5. The fourth-order valence-corrected chi connectivity index (χ4v) is 4.73. The third kappa shape index (κ3) is 6.84. The van der Waals surface area contributed by atoms with Crippen LogP contribution in [0.1, 0.15) is 42.4 Å². The predicted molar refractivity (Wildman–Crippen MR) is 166 cm³/mol. The van der Waals surface area contributed by atoms with Gasteiger partial charge in [-0.2, -0.15) is 0 Å². The lowest BCUT2D eigenvalue weighted by atomic mass is 9.87. The molecule has 0 unspecified atom stereocenters. The van der Waals surface area contributed by atoms with Crippen molar-refractivity contribution in [3.63, 3.8) is 0 Å². The van der Waals surface area contributed by atoms with Gasteiger partial charge in [-0.1, -0.05) is 93.6 Å². The zero-order valence-electron chi connectivity index (χ0n) is 24.3. The van der Waals surface area contributed by atoms with E-state index in [9.17, 15) is 9.59 Å². The molecule has 1 aromatic heterocycles. The average molecular weight is 559 g/mol. The maximum Gasteiger partial charge on any atom is 0.328 e. The van der Waals surface area contributed by atoms with Crippen LogP contribution in [0.4, 0.5) is 0 Å². The quantitative estimate of drug-likeness (QED) is 0.200. The van der Waals surface area contributed by atoms with Gasteiger partial charge in [0.2, 0.25) is 0 Å². The van der Waals surface area contributed by atoms with Gasteiger partial charge in [-0.25, -0.2) is 4.79 Å². The highest BCUT2D eigenvalue weighted by molar-refractivity contribution is 5.98. The second-order valence-corrected chi connectivity index (χ2v) is 11.3.